The van der Waals surface area contributed by atoms with Crippen LogP contribution in [0.1, 0.15) is 43.6 Å². The van der Waals surface area contributed by atoms with Crippen molar-refractivity contribution < 1.29 is 19.1 Å². The topological polar surface area (TPSA) is 67.9 Å². The van der Waals surface area contributed by atoms with Crippen molar-refractivity contribution in [3.8, 4) is 11.1 Å². The van der Waals surface area contributed by atoms with Crippen LogP contribution >= 0.6 is 0 Å². The smallest absolute Gasteiger partial charge is 0.408 e. The lowest BCUT2D eigenvalue weighted by molar-refractivity contribution is -0.130. The largest absolute Gasteiger partial charge is 0.436 e. The minimum atomic E-state index is -0.805. The SMILES string of the molecule is CC(C)(C)CN1C(=O)C(CNC(=O)OC2c3ccccc3-c3ccccc32)OCc2ccccc21. The van der Waals surface area contributed by atoms with Crippen molar-refractivity contribution in [3.05, 3.63) is 89.5 Å². The Bertz CT molecular complexity index is 1220. The van der Waals surface area contributed by atoms with E-state index in [1.54, 1.807) is 4.90 Å². The number of para-hydroxylation sites is 1. The summed E-state index contributed by atoms with van der Waals surface area (Å²) in [6.07, 6.45) is -1.88. The van der Waals surface area contributed by atoms with Gasteiger partial charge in [0.25, 0.3) is 5.91 Å². The molecule has 35 heavy (non-hydrogen) atoms. The molecule has 2 aliphatic rings. The monoisotopic (exact) mass is 470 g/mol. The van der Waals surface area contributed by atoms with Gasteiger partial charge in [-0.2, -0.15) is 0 Å². The highest BCUT2D eigenvalue weighted by atomic mass is 16.6. The molecule has 0 fully saturated rings. The van der Waals surface area contributed by atoms with Crippen molar-refractivity contribution in [2.24, 2.45) is 5.41 Å². The predicted molar refractivity (Wildman–Crippen MR) is 135 cm³/mol. The first kappa shape index (κ1) is 23.1. The van der Waals surface area contributed by atoms with Crippen LogP contribution in [0.15, 0.2) is 72.8 Å². The maximum Gasteiger partial charge on any atom is 0.408 e. The molecule has 3 aromatic carbocycles. The Morgan fingerprint density at radius 1 is 0.971 bits per heavy atom. The van der Waals surface area contributed by atoms with Gasteiger partial charge in [0.15, 0.2) is 12.2 Å². The summed E-state index contributed by atoms with van der Waals surface area (Å²) in [5, 5.41) is 2.78. The first-order valence-electron chi connectivity index (χ1n) is 12.0. The molecule has 0 spiro atoms. The molecule has 1 unspecified atom stereocenters. The third kappa shape index (κ3) is 4.66. The van der Waals surface area contributed by atoms with E-state index in [-0.39, 0.29) is 17.9 Å². The third-order valence-corrected chi connectivity index (χ3v) is 6.33. The average molecular weight is 471 g/mol. The van der Waals surface area contributed by atoms with Gasteiger partial charge in [-0.1, -0.05) is 87.5 Å². The highest BCUT2D eigenvalue weighted by Gasteiger charge is 2.35. The third-order valence-electron chi connectivity index (χ3n) is 6.33. The molecule has 0 aromatic heterocycles. The lowest BCUT2D eigenvalue weighted by Gasteiger charge is -2.31. The molecule has 1 atom stereocenters. The van der Waals surface area contributed by atoms with Gasteiger partial charge in [0, 0.05) is 28.9 Å². The van der Waals surface area contributed by atoms with Gasteiger partial charge in [-0.05, 0) is 22.6 Å². The van der Waals surface area contributed by atoms with E-state index in [0.717, 1.165) is 33.5 Å². The summed E-state index contributed by atoms with van der Waals surface area (Å²) in [6, 6.07) is 23.7. The van der Waals surface area contributed by atoms with E-state index >= 15 is 0 Å². The Labute approximate surface area is 205 Å². The molecule has 0 saturated heterocycles. The molecule has 5 rings (SSSR count). The number of nitrogens with zero attached hydrogens (tertiary/aromatic N) is 1. The summed E-state index contributed by atoms with van der Waals surface area (Å²) in [5.41, 5.74) is 5.76. The number of alkyl carbamates (subject to hydrolysis) is 1. The molecule has 180 valence electrons. The average Bonchev–Trinajstić information content (AvgIpc) is 3.09. The molecule has 0 bridgehead atoms. The summed E-state index contributed by atoms with van der Waals surface area (Å²) in [4.78, 5) is 28.1. The van der Waals surface area contributed by atoms with E-state index in [9.17, 15) is 9.59 Å². The Morgan fingerprint density at radius 2 is 1.57 bits per heavy atom. The quantitative estimate of drug-likeness (QED) is 0.550. The number of rotatable bonds is 4. The minimum absolute atomic E-state index is 0.0301. The molecule has 1 aliphatic heterocycles. The molecule has 1 aliphatic carbocycles. The lowest BCUT2D eigenvalue weighted by atomic mass is 9.95. The van der Waals surface area contributed by atoms with Crippen LogP contribution in [0.25, 0.3) is 11.1 Å². The zero-order chi connectivity index (χ0) is 24.6. The molecule has 1 N–H and O–H groups in total. The fourth-order valence-electron chi connectivity index (χ4n) is 4.80. The summed E-state index contributed by atoms with van der Waals surface area (Å²) in [5.74, 6) is -0.165. The Balaban J connectivity index is 1.30. The van der Waals surface area contributed by atoms with E-state index in [4.69, 9.17) is 9.47 Å². The number of amides is 2. The molecule has 3 aromatic rings. The van der Waals surface area contributed by atoms with Crippen LogP contribution < -0.4 is 10.2 Å². The number of carbonyl (C=O) groups excluding carboxylic acids is 2. The number of hydrogen-bond donors (Lipinski definition) is 1. The number of benzene rings is 3. The van der Waals surface area contributed by atoms with Crippen molar-refractivity contribution in [2.75, 3.05) is 18.0 Å². The number of fused-ring (bicyclic) bond motifs is 4. The van der Waals surface area contributed by atoms with Gasteiger partial charge >= 0.3 is 6.09 Å². The number of carbonyl (C=O) groups is 2. The summed E-state index contributed by atoms with van der Waals surface area (Å²) < 4.78 is 11.8. The molecular weight excluding hydrogens is 440 g/mol. The Morgan fingerprint density at radius 3 is 2.23 bits per heavy atom. The van der Waals surface area contributed by atoms with E-state index in [1.165, 1.54) is 0 Å². The Kier molecular flexibility index (Phi) is 6.07. The summed E-state index contributed by atoms with van der Waals surface area (Å²) >= 11 is 0. The maximum atomic E-state index is 13.5. The van der Waals surface area contributed by atoms with E-state index in [2.05, 4.69) is 26.1 Å². The minimum Gasteiger partial charge on any atom is -0.436 e. The van der Waals surface area contributed by atoms with Crippen molar-refractivity contribution >= 4 is 17.7 Å². The maximum absolute atomic E-state index is 13.5. The van der Waals surface area contributed by atoms with Gasteiger partial charge in [-0.3, -0.25) is 4.79 Å². The van der Waals surface area contributed by atoms with Gasteiger partial charge in [-0.25, -0.2) is 4.79 Å². The van der Waals surface area contributed by atoms with Crippen LogP contribution in [0.2, 0.25) is 0 Å². The molecule has 0 radical (unpaired) electrons. The van der Waals surface area contributed by atoms with Gasteiger partial charge in [0.2, 0.25) is 0 Å². The van der Waals surface area contributed by atoms with Crippen LogP contribution in [-0.2, 0) is 20.9 Å². The second-order valence-electron chi connectivity index (χ2n) is 10.3. The first-order chi connectivity index (χ1) is 16.8. The van der Waals surface area contributed by atoms with Crippen molar-refractivity contribution in [3.63, 3.8) is 0 Å². The van der Waals surface area contributed by atoms with Gasteiger partial charge < -0.3 is 19.7 Å². The van der Waals surface area contributed by atoms with E-state index in [1.807, 2.05) is 72.8 Å². The molecule has 6 nitrogen and oxygen atoms in total. The lowest BCUT2D eigenvalue weighted by Crippen LogP contribution is -2.47. The van der Waals surface area contributed by atoms with E-state index < -0.39 is 18.3 Å². The molecular formula is C29H30N2O4. The van der Waals surface area contributed by atoms with Crippen LogP contribution in [0.5, 0.6) is 0 Å². The highest BCUT2D eigenvalue weighted by Crippen LogP contribution is 2.45. The normalized spacial score (nSPS) is 17.3. The van der Waals surface area contributed by atoms with Crippen LogP contribution in [0, 0.1) is 5.41 Å². The van der Waals surface area contributed by atoms with Crippen LogP contribution in [0.4, 0.5) is 10.5 Å². The van der Waals surface area contributed by atoms with Gasteiger partial charge in [-0.15, -0.1) is 0 Å². The number of hydrogen-bond acceptors (Lipinski definition) is 4. The zero-order valence-corrected chi connectivity index (χ0v) is 20.3. The van der Waals surface area contributed by atoms with Crippen LogP contribution in [0.3, 0.4) is 0 Å². The predicted octanol–water partition coefficient (Wildman–Crippen LogP) is 5.46. The number of anilines is 1. The summed E-state index contributed by atoms with van der Waals surface area (Å²) in [6.45, 7) is 7.15. The highest BCUT2D eigenvalue weighted by molar-refractivity contribution is 5.98. The molecule has 1 heterocycles. The second-order valence-corrected chi connectivity index (χ2v) is 10.3. The fourth-order valence-corrected chi connectivity index (χ4v) is 4.80. The number of nitrogens with one attached hydrogen (secondary N) is 1. The van der Waals surface area contributed by atoms with Gasteiger partial charge in [0.1, 0.15) is 0 Å². The molecule has 0 saturated carbocycles. The standard InChI is InChI=1S/C29H30N2O4/c1-29(2,3)18-31-24-15-9-4-10-19(24)17-34-25(27(31)32)16-30-28(33)35-26-22-13-7-5-11-20(22)21-12-6-8-14-23(21)26/h4-15,25-26H,16-18H2,1-3H3,(H,30,33). The summed E-state index contributed by atoms with van der Waals surface area (Å²) in [7, 11) is 0. The number of ether oxygens (including phenoxy) is 2. The molecule has 6 heteroatoms. The van der Waals surface area contributed by atoms with Crippen molar-refractivity contribution in [1.29, 1.82) is 0 Å². The van der Waals surface area contributed by atoms with Gasteiger partial charge in [0.05, 0.1) is 13.2 Å². The molecule has 2 amide bonds. The van der Waals surface area contributed by atoms with Crippen LogP contribution in [-0.4, -0.2) is 31.2 Å². The van der Waals surface area contributed by atoms with Crippen molar-refractivity contribution in [1.82, 2.24) is 5.32 Å². The van der Waals surface area contributed by atoms with Crippen molar-refractivity contribution in [2.45, 2.75) is 39.6 Å². The first-order valence-corrected chi connectivity index (χ1v) is 12.0. The fraction of sp³-hybridized carbons (Fsp3) is 0.310. The Hall–Kier alpha value is -3.64. The zero-order valence-electron chi connectivity index (χ0n) is 20.3. The van der Waals surface area contributed by atoms with E-state index in [0.29, 0.717) is 13.2 Å². The second kappa shape index (κ2) is 9.19.